The number of nitrogens with one attached hydrogen (secondary N) is 1. The van der Waals surface area contributed by atoms with Crippen LogP contribution < -0.4 is 5.32 Å². The van der Waals surface area contributed by atoms with Crippen LogP contribution in [0.15, 0.2) is 18.2 Å². The van der Waals surface area contributed by atoms with Gasteiger partial charge in [-0.05, 0) is 39.0 Å². The topological polar surface area (TPSA) is 55.4 Å². The maximum atomic E-state index is 12.9. The van der Waals surface area contributed by atoms with Crippen LogP contribution in [0.3, 0.4) is 0 Å². The Bertz CT molecular complexity index is 579. The van der Waals surface area contributed by atoms with Gasteiger partial charge in [0.2, 0.25) is 0 Å². The largest absolute Gasteiger partial charge is 0.444 e. The fourth-order valence-corrected chi connectivity index (χ4v) is 1.44. The predicted octanol–water partition coefficient (Wildman–Crippen LogP) is 2.90. The third-order valence-electron chi connectivity index (χ3n) is 2.28. The Balaban J connectivity index is 2.47. The van der Waals surface area contributed by atoms with Gasteiger partial charge in [-0.1, -0.05) is 11.8 Å². The van der Waals surface area contributed by atoms with E-state index in [0.717, 1.165) is 6.07 Å². The molecule has 1 amide bonds. The van der Waals surface area contributed by atoms with Crippen LogP contribution in [-0.4, -0.2) is 24.5 Å². The number of benzene rings is 1. The van der Waals surface area contributed by atoms with Gasteiger partial charge >= 0.3 is 6.09 Å². The second kappa shape index (κ2) is 7.44. The minimum atomic E-state index is -0.539. The van der Waals surface area contributed by atoms with Crippen molar-refractivity contribution in [1.82, 2.24) is 5.32 Å². The van der Waals surface area contributed by atoms with Crippen molar-refractivity contribution in [3.8, 4) is 11.8 Å². The zero-order valence-electron chi connectivity index (χ0n) is 12.3. The number of ether oxygens (including phenoxy) is 1. The van der Waals surface area contributed by atoms with Crippen molar-refractivity contribution in [3.63, 3.8) is 0 Å². The highest BCUT2D eigenvalue weighted by Crippen LogP contribution is 2.08. The number of rotatable bonds is 3. The van der Waals surface area contributed by atoms with E-state index in [1.54, 1.807) is 20.8 Å². The molecule has 1 rings (SSSR count). The third-order valence-corrected chi connectivity index (χ3v) is 2.28. The lowest BCUT2D eigenvalue weighted by Crippen LogP contribution is -2.32. The van der Waals surface area contributed by atoms with E-state index in [-0.39, 0.29) is 5.56 Å². The van der Waals surface area contributed by atoms with E-state index in [0.29, 0.717) is 24.8 Å². The lowest BCUT2D eigenvalue weighted by atomic mass is 10.1. The van der Waals surface area contributed by atoms with E-state index in [9.17, 15) is 14.0 Å². The highest BCUT2D eigenvalue weighted by atomic mass is 19.1. The molecular formula is C16H18FNO3. The Morgan fingerprint density at radius 2 is 2.14 bits per heavy atom. The number of amides is 1. The zero-order chi connectivity index (χ0) is 15.9. The summed E-state index contributed by atoms with van der Waals surface area (Å²) in [4.78, 5) is 22.1. The molecule has 0 aromatic heterocycles. The number of carbonyl (C=O) groups is 2. The highest BCUT2D eigenvalue weighted by Gasteiger charge is 2.15. The minimum absolute atomic E-state index is 0.211. The molecule has 0 spiro atoms. The van der Waals surface area contributed by atoms with Gasteiger partial charge in [0.15, 0.2) is 6.29 Å². The number of alkyl carbamates (subject to hydrolysis) is 1. The normalized spacial score (nSPS) is 10.3. The zero-order valence-corrected chi connectivity index (χ0v) is 12.3. The quantitative estimate of drug-likeness (QED) is 0.529. The molecule has 0 aliphatic carbocycles. The summed E-state index contributed by atoms with van der Waals surface area (Å²) < 4.78 is 18.0. The molecule has 0 bridgehead atoms. The molecule has 5 heteroatoms. The first-order chi connectivity index (χ1) is 9.81. The first-order valence-corrected chi connectivity index (χ1v) is 6.52. The molecular weight excluding hydrogens is 273 g/mol. The van der Waals surface area contributed by atoms with E-state index in [1.165, 1.54) is 12.1 Å². The van der Waals surface area contributed by atoms with Crippen LogP contribution in [0.5, 0.6) is 0 Å². The van der Waals surface area contributed by atoms with Crippen molar-refractivity contribution in [3.05, 3.63) is 35.1 Å². The summed E-state index contributed by atoms with van der Waals surface area (Å²) >= 11 is 0. The smallest absolute Gasteiger partial charge is 0.407 e. The molecule has 0 aliphatic heterocycles. The van der Waals surface area contributed by atoms with Gasteiger partial charge in [0.1, 0.15) is 11.4 Å². The summed E-state index contributed by atoms with van der Waals surface area (Å²) in [6, 6.07) is 3.83. The van der Waals surface area contributed by atoms with Crippen LogP contribution in [0.25, 0.3) is 0 Å². The van der Waals surface area contributed by atoms with E-state index in [4.69, 9.17) is 4.74 Å². The van der Waals surface area contributed by atoms with Crippen LogP contribution in [0.4, 0.5) is 9.18 Å². The molecule has 21 heavy (non-hydrogen) atoms. The molecule has 1 aromatic carbocycles. The molecule has 0 unspecified atom stereocenters. The summed E-state index contributed by atoms with van der Waals surface area (Å²) in [6.45, 7) is 5.67. The molecule has 0 atom stereocenters. The summed E-state index contributed by atoms with van der Waals surface area (Å²) in [6.07, 6.45) is 0.459. The Morgan fingerprint density at radius 3 is 2.76 bits per heavy atom. The molecule has 1 N–H and O–H groups in total. The van der Waals surface area contributed by atoms with Crippen LogP contribution in [-0.2, 0) is 4.74 Å². The lowest BCUT2D eigenvalue weighted by Gasteiger charge is -2.19. The van der Waals surface area contributed by atoms with Crippen LogP contribution in [0, 0.1) is 17.7 Å². The molecule has 0 saturated heterocycles. The van der Waals surface area contributed by atoms with Gasteiger partial charge in [0.05, 0.1) is 0 Å². The minimum Gasteiger partial charge on any atom is -0.444 e. The summed E-state index contributed by atoms with van der Waals surface area (Å²) in [7, 11) is 0. The molecule has 0 heterocycles. The van der Waals surface area contributed by atoms with Crippen LogP contribution in [0.1, 0.15) is 43.1 Å². The monoisotopic (exact) mass is 291 g/mol. The summed E-state index contributed by atoms with van der Waals surface area (Å²) in [5.41, 5.74) is 0.134. The Hall–Kier alpha value is -2.35. The summed E-state index contributed by atoms with van der Waals surface area (Å²) in [5, 5.41) is 2.57. The Labute approximate surface area is 123 Å². The number of carbonyl (C=O) groups excluding carboxylic acids is 2. The molecule has 0 radical (unpaired) electrons. The van der Waals surface area contributed by atoms with Gasteiger partial charge in [-0.15, -0.1) is 0 Å². The maximum Gasteiger partial charge on any atom is 0.407 e. The average Bonchev–Trinajstić information content (AvgIpc) is 2.37. The number of aldehydes is 1. The fraction of sp³-hybridized carbons (Fsp3) is 0.375. The van der Waals surface area contributed by atoms with Gasteiger partial charge in [-0.25, -0.2) is 9.18 Å². The van der Waals surface area contributed by atoms with Crippen molar-refractivity contribution in [2.45, 2.75) is 32.8 Å². The van der Waals surface area contributed by atoms with Crippen LogP contribution >= 0.6 is 0 Å². The van der Waals surface area contributed by atoms with Crippen molar-refractivity contribution < 1.29 is 18.7 Å². The first-order valence-electron chi connectivity index (χ1n) is 6.52. The van der Waals surface area contributed by atoms with Crippen molar-refractivity contribution in [2.75, 3.05) is 6.54 Å². The molecule has 0 saturated carbocycles. The second-order valence-corrected chi connectivity index (χ2v) is 5.33. The molecule has 0 aliphatic rings. The van der Waals surface area contributed by atoms with Gasteiger partial charge in [0.25, 0.3) is 0 Å². The third kappa shape index (κ3) is 6.57. The van der Waals surface area contributed by atoms with Crippen molar-refractivity contribution in [1.29, 1.82) is 0 Å². The molecule has 1 aromatic rings. The Morgan fingerprint density at radius 1 is 1.43 bits per heavy atom. The maximum absolute atomic E-state index is 12.9. The number of halogens is 1. The van der Waals surface area contributed by atoms with Crippen molar-refractivity contribution in [2.24, 2.45) is 0 Å². The van der Waals surface area contributed by atoms with Gasteiger partial charge in [-0.3, -0.25) is 4.79 Å². The van der Waals surface area contributed by atoms with E-state index < -0.39 is 17.5 Å². The van der Waals surface area contributed by atoms with E-state index in [1.807, 2.05) is 0 Å². The lowest BCUT2D eigenvalue weighted by molar-refractivity contribution is 0.0529. The summed E-state index contributed by atoms with van der Waals surface area (Å²) in [5.74, 6) is 5.11. The SMILES string of the molecule is CC(C)(C)OC(=O)NCCC#Cc1ccc(F)cc1C=O. The van der Waals surface area contributed by atoms with Gasteiger partial charge in [-0.2, -0.15) is 0 Å². The number of hydrogen-bond donors (Lipinski definition) is 1. The first kappa shape index (κ1) is 16.7. The molecule has 112 valence electrons. The van der Waals surface area contributed by atoms with Gasteiger partial charge < -0.3 is 10.1 Å². The number of hydrogen-bond acceptors (Lipinski definition) is 3. The molecule has 0 fully saturated rings. The highest BCUT2D eigenvalue weighted by molar-refractivity contribution is 5.79. The van der Waals surface area contributed by atoms with Crippen LogP contribution in [0.2, 0.25) is 0 Å². The second-order valence-electron chi connectivity index (χ2n) is 5.33. The van der Waals surface area contributed by atoms with E-state index in [2.05, 4.69) is 17.2 Å². The average molecular weight is 291 g/mol. The fourth-order valence-electron chi connectivity index (χ4n) is 1.44. The molecule has 4 nitrogen and oxygen atoms in total. The van der Waals surface area contributed by atoms with Crippen molar-refractivity contribution >= 4 is 12.4 Å². The van der Waals surface area contributed by atoms with Gasteiger partial charge in [0, 0.05) is 24.1 Å². The standard InChI is InChI=1S/C16H18FNO3/c1-16(2,3)21-15(20)18-9-5-4-6-12-7-8-14(17)10-13(12)11-19/h7-8,10-11H,5,9H2,1-3H3,(H,18,20). The van der Waals surface area contributed by atoms with E-state index >= 15 is 0 Å². The Kier molecular flexibility index (Phi) is 5.92. The predicted molar refractivity (Wildman–Crippen MR) is 77.5 cm³/mol.